The number of aromatic nitrogens is 1. The standard InChI is InChI=1S/C22H20N2O3S.Na.H/c1-14(22(25)24(2)26)15-7-8-17-12-18(10-9-16(17)11-15)27-13-21-23-19-5-3-4-6-20(19)28-21;;/h3-12,14,26H,13H2,1-2H3;;/t14-;;/m0../s1. The summed E-state index contributed by atoms with van der Waals surface area (Å²) in [7, 11) is 1.34. The molecule has 1 N–H and O–H groups in total. The van der Waals surface area contributed by atoms with Gasteiger partial charge < -0.3 is 4.74 Å². The molecule has 3 aromatic carbocycles. The zero-order valence-electron chi connectivity index (χ0n) is 15.6. The van der Waals surface area contributed by atoms with E-state index in [0.29, 0.717) is 11.7 Å². The van der Waals surface area contributed by atoms with E-state index in [9.17, 15) is 10.0 Å². The van der Waals surface area contributed by atoms with Crippen LogP contribution in [0.5, 0.6) is 5.75 Å². The second-order valence-electron chi connectivity index (χ2n) is 6.72. The van der Waals surface area contributed by atoms with Gasteiger partial charge >= 0.3 is 29.6 Å². The van der Waals surface area contributed by atoms with Gasteiger partial charge in [0.15, 0.2) is 0 Å². The Balaban J connectivity index is 0.00000240. The zero-order chi connectivity index (χ0) is 19.7. The Bertz CT molecular complexity index is 1130. The van der Waals surface area contributed by atoms with Crippen molar-refractivity contribution in [3.05, 3.63) is 71.2 Å². The van der Waals surface area contributed by atoms with Crippen LogP contribution in [0.15, 0.2) is 60.7 Å². The van der Waals surface area contributed by atoms with Gasteiger partial charge in [-0.1, -0.05) is 36.4 Å². The van der Waals surface area contributed by atoms with Gasteiger partial charge in [-0.2, -0.15) is 0 Å². The summed E-state index contributed by atoms with van der Waals surface area (Å²) in [5.41, 5.74) is 1.86. The van der Waals surface area contributed by atoms with Crippen LogP contribution in [0.2, 0.25) is 0 Å². The molecule has 0 saturated heterocycles. The molecule has 1 atom stereocenters. The number of hydrogen-bond donors (Lipinski definition) is 1. The van der Waals surface area contributed by atoms with Crippen LogP contribution in [0.4, 0.5) is 0 Å². The van der Waals surface area contributed by atoms with Crippen molar-refractivity contribution >= 4 is 67.8 Å². The molecule has 0 aliphatic heterocycles. The summed E-state index contributed by atoms with van der Waals surface area (Å²) in [6.45, 7) is 2.21. The SMILES string of the molecule is C[C@H](C(=O)N(C)O)c1ccc2cc(OCc3nc4ccccc4s3)ccc2c1.[NaH]. The number of nitrogens with zero attached hydrogens (tertiary/aromatic N) is 2. The topological polar surface area (TPSA) is 62.7 Å². The predicted octanol–water partition coefficient (Wildman–Crippen LogP) is 4.33. The molecule has 4 rings (SSSR count). The molecule has 1 heterocycles. The van der Waals surface area contributed by atoms with Gasteiger partial charge in [-0.3, -0.25) is 10.0 Å². The van der Waals surface area contributed by atoms with E-state index in [2.05, 4.69) is 11.1 Å². The first-order chi connectivity index (χ1) is 13.5. The van der Waals surface area contributed by atoms with Crippen LogP contribution >= 0.6 is 11.3 Å². The number of likely N-dealkylation sites (N-methyl/N-ethyl adjacent to an activating group) is 1. The molecule has 4 aromatic rings. The minimum absolute atomic E-state index is 0. The van der Waals surface area contributed by atoms with Crippen molar-refractivity contribution in [2.75, 3.05) is 7.05 Å². The quantitative estimate of drug-likeness (QED) is 0.299. The number of rotatable bonds is 5. The van der Waals surface area contributed by atoms with Crippen molar-refractivity contribution in [1.29, 1.82) is 0 Å². The van der Waals surface area contributed by atoms with Crippen LogP contribution in [0.1, 0.15) is 23.4 Å². The van der Waals surface area contributed by atoms with Crippen LogP contribution in [0.3, 0.4) is 0 Å². The number of fused-ring (bicyclic) bond motifs is 2. The van der Waals surface area contributed by atoms with Crippen molar-refractivity contribution in [3.63, 3.8) is 0 Å². The molecule has 0 unspecified atom stereocenters. The molecule has 0 radical (unpaired) electrons. The molecule has 5 nitrogen and oxygen atoms in total. The Kier molecular flexibility index (Phi) is 6.93. The number of ether oxygens (including phenoxy) is 1. The van der Waals surface area contributed by atoms with Crippen LogP contribution in [-0.4, -0.2) is 57.8 Å². The van der Waals surface area contributed by atoms with Crippen LogP contribution in [0, 0.1) is 0 Å². The number of hydroxylamine groups is 2. The summed E-state index contributed by atoms with van der Waals surface area (Å²) in [4.78, 5) is 16.6. The van der Waals surface area contributed by atoms with E-state index in [4.69, 9.17) is 4.74 Å². The number of para-hydroxylation sites is 1. The third-order valence-electron chi connectivity index (χ3n) is 4.73. The van der Waals surface area contributed by atoms with E-state index in [1.165, 1.54) is 7.05 Å². The van der Waals surface area contributed by atoms with Crippen LogP contribution in [-0.2, 0) is 11.4 Å². The molecule has 0 fully saturated rings. The molecular formula is C22H21N2NaO3S. The van der Waals surface area contributed by atoms with Crippen molar-refractivity contribution < 1.29 is 14.7 Å². The molecule has 0 spiro atoms. The van der Waals surface area contributed by atoms with Gasteiger partial charge in [-0.05, 0) is 47.5 Å². The molecule has 144 valence electrons. The third kappa shape index (κ3) is 4.79. The summed E-state index contributed by atoms with van der Waals surface area (Å²) in [5, 5.41) is 13.0. The van der Waals surface area contributed by atoms with Gasteiger partial charge in [-0.25, -0.2) is 10.0 Å². The Hall–Kier alpha value is -1.96. The Morgan fingerprint density at radius 3 is 2.62 bits per heavy atom. The van der Waals surface area contributed by atoms with Gasteiger partial charge in [0, 0.05) is 7.05 Å². The van der Waals surface area contributed by atoms with E-state index in [0.717, 1.165) is 37.3 Å². The first-order valence-electron chi connectivity index (χ1n) is 8.98. The zero-order valence-corrected chi connectivity index (χ0v) is 16.4. The van der Waals surface area contributed by atoms with Gasteiger partial charge in [-0.15, -0.1) is 11.3 Å². The van der Waals surface area contributed by atoms with Gasteiger partial charge in [0.25, 0.3) is 5.91 Å². The van der Waals surface area contributed by atoms with Crippen molar-refractivity contribution in [3.8, 4) is 5.75 Å². The van der Waals surface area contributed by atoms with E-state index in [1.807, 2.05) is 54.6 Å². The number of hydrogen-bond acceptors (Lipinski definition) is 5. The Morgan fingerprint density at radius 2 is 1.86 bits per heavy atom. The van der Waals surface area contributed by atoms with Crippen LogP contribution < -0.4 is 4.74 Å². The molecule has 29 heavy (non-hydrogen) atoms. The first kappa shape index (κ1) is 21.7. The van der Waals surface area contributed by atoms with E-state index in [-0.39, 0.29) is 35.5 Å². The molecule has 0 bridgehead atoms. The predicted molar refractivity (Wildman–Crippen MR) is 118 cm³/mol. The number of amides is 1. The van der Waals surface area contributed by atoms with Gasteiger partial charge in [0.05, 0.1) is 16.1 Å². The van der Waals surface area contributed by atoms with Crippen LogP contribution in [0.25, 0.3) is 21.0 Å². The fraction of sp³-hybridized carbons (Fsp3) is 0.182. The maximum atomic E-state index is 12.0. The van der Waals surface area contributed by atoms with Crippen molar-refractivity contribution in [1.82, 2.24) is 10.0 Å². The summed E-state index contributed by atoms with van der Waals surface area (Å²) >= 11 is 1.64. The third-order valence-corrected chi connectivity index (χ3v) is 5.74. The monoisotopic (exact) mass is 416 g/mol. The number of carbonyl (C=O) groups excluding carboxylic acids is 1. The number of carbonyl (C=O) groups is 1. The fourth-order valence-electron chi connectivity index (χ4n) is 3.15. The average Bonchev–Trinajstić information content (AvgIpc) is 3.13. The first-order valence-corrected chi connectivity index (χ1v) is 9.80. The maximum absolute atomic E-state index is 12.0. The number of benzene rings is 3. The minimum atomic E-state index is -0.408. The Labute approximate surface area is 195 Å². The van der Waals surface area contributed by atoms with Crippen molar-refractivity contribution in [2.45, 2.75) is 19.4 Å². The van der Waals surface area contributed by atoms with E-state index in [1.54, 1.807) is 18.3 Å². The molecular weight excluding hydrogens is 395 g/mol. The molecule has 0 saturated carbocycles. The van der Waals surface area contributed by atoms with E-state index < -0.39 is 5.92 Å². The average molecular weight is 416 g/mol. The summed E-state index contributed by atoms with van der Waals surface area (Å²) < 4.78 is 7.09. The Morgan fingerprint density at radius 1 is 1.14 bits per heavy atom. The fourth-order valence-corrected chi connectivity index (χ4v) is 4.03. The summed E-state index contributed by atoms with van der Waals surface area (Å²) in [6.07, 6.45) is 0. The van der Waals surface area contributed by atoms with Gasteiger partial charge in [0.1, 0.15) is 17.4 Å². The molecule has 0 aliphatic rings. The number of thiazole rings is 1. The molecule has 1 amide bonds. The summed E-state index contributed by atoms with van der Waals surface area (Å²) in [6, 6.07) is 19.8. The second kappa shape index (κ2) is 9.24. The van der Waals surface area contributed by atoms with Gasteiger partial charge in [0.2, 0.25) is 0 Å². The normalized spacial score (nSPS) is 11.8. The molecule has 1 aromatic heterocycles. The molecule has 7 heteroatoms. The summed E-state index contributed by atoms with van der Waals surface area (Å²) in [5.74, 6) is 0.0308. The molecule has 0 aliphatic carbocycles. The van der Waals surface area contributed by atoms with Crippen molar-refractivity contribution in [2.24, 2.45) is 0 Å². The second-order valence-corrected chi connectivity index (χ2v) is 7.83. The van der Waals surface area contributed by atoms with E-state index >= 15 is 0 Å².